The molecule has 0 spiro atoms. The first-order chi connectivity index (χ1) is 18.2. The molecule has 0 bridgehead atoms. The van der Waals surface area contributed by atoms with E-state index < -0.39 is 35.3 Å². The van der Waals surface area contributed by atoms with Gasteiger partial charge in [0.05, 0.1) is 10.2 Å². The van der Waals surface area contributed by atoms with Crippen molar-refractivity contribution < 1.29 is 24.2 Å². The summed E-state index contributed by atoms with van der Waals surface area (Å²) >= 11 is 1.60. The Balaban J connectivity index is 1.66. The van der Waals surface area contributed by atoms with Gasteiger partial charge in [-0.2, -0.15) is 0 Å². The summed E-state index contributed by atoms with van der Waals surface area (Å²) < 4.78 is 6.33. The highest BCUT2D eigenvalue weighted by atomic mass is 32.1. The quantitative estimate of drug-likeness (QED) is 0.252. The average molecular weight is 555 g/mol. The maximum Gasteiger partial charge on any atom is 0.408 e. The molecule has 3 N–H and O–H groups in total. The van der Waals surface area contributed by atoms with Crippen LogP contribution in [0, 0.1) is 0 Å². The van der Waals surface area contributed by atoms with Gasteiger partial charge in [-0.15, -0.1) is 11.3 Å². The Hall–Kier alpha value is -3.66. The molecule has 0 saturated carbocycles. The van der Waals surface area contributed by atoms with E-state index in [4.69, 9.17) is 4.74 Å². The number of aromatic nitrogens is 1. The topological polar surface area (TPSA) is 121 Å². The molecular formula is C29H38N4O5S. The number of benzene rings is 2. The summed E-state index contributed by atoms with van der Waals surface area (Å²) in [5, 5.41) is 16.4. The fraction of sp³-hybridized carbons (Fsp3) is 0.448. The molecule has 0 aliphatic carbocycles. The SMILES string of the molecule is CC(C)(C)OC(=O)NCCCC[C@@H](C(=O)Nc1ccc(-c2nc3ccccc3s2)cc1)N(C(=O)O)C(C)(C)C. The summed E-state index contributed by atoms with van der Waals surface area (Å²) in [4.78, 5) is 43.3. The molecule has 1 heterocycles. The van der Waals surface area contributed by atoms with Crippen LogP contribution >= 0.6 is 11.3 Å². The van der Waals surface area contributed by atoms with Crippen molar-refractivity contribution in [2.75, 3.05) is 11.9 Å². The predicted octanol–water partition coefficient (Wildman–Crippen LogP) is 6.74. The van der Waals surface area contributed by atoms with E-state index >= 15 is 0 Å². The Morgan fingerprint density at radius 3 is 2.26 bits per heavy atom. The van der Waals surface area contributed by atoms with E-state index in [1.807, 2.05) is 36.4 Å². The van der Waals surface area contributed by atoms with Gasteiger partial charge in [0.25, 0.3) is 0 Å². The molecule has 3 rings (SSSR count). The highest BCUT2D eigenvalue weighted by Crippen LogP contribution is 2.31. The maximum absolute atomic E-state index is 13.4. The van der Waals surface area contributed by atoms with Crippen LogP contribution in [0.2, 0.25) is 0 Å². The van der Waals surface area contributed by atoms with Gasteiger partial charge in [0, 0.05) is 23.3 Å². The van der Waals surface area contributed by atoms with Crippen LogP contribution in [0.25, 0.3) is 20.8 Å². The zero-order valence-corrected chi connectivity index (χ0v) is 24.2. The molecule has 9 nitrogen and oxygen atoms in total. The summed E-state index contributed by atoms with van der Waals surface area (Å²) in [6, 6.07) is 14.4. The van der Waals surface area contributed by atoms with Crippen molar-refractivity contribution in [3.05, 3.63) is 48.5 Å². The van der Waals surface area contributed by atoms with Gasteiger partial charge < -0.3 is 20.5 Å². The van der Waals surface area contributed by atoms with Gasteiger partial charge in [0.2, 0.25) is 5.91 Å². The van der Waals surface area contributed by atoms with E-state index in [9.17, 15) is 19.5 Å². The van der Waals surface area contributed by atoms with E-state index in [0.717, 1.165) is 20.8 Å². The highest BCUT2D eigenvalue weighted by Gasteiger charge is 2.37. The number of ether oxygens (including phenoxy) is 1. The minimum Gasteiger partial charge on any atom is -0.465 e. The molecule has 0 aliphatic rings. The van der Waals surface area contributed by atoms with Crippen LogP contribution in [0.5, 0.6) is 0 Å². The second kappa shape index (κ2) is 12.5. The van der Waals surface area contributed by atoms with Crippen LogP contribution in [0.4, 0.5) is 15.3 Å². The van der Waals surface area contributed by atoms with E-state index in [-0.39, 0.29) is 0 Å². The molecule has 0 saturated heterocycles. The number of fused-ring (bicyclic) bond motifs is 1. The van der Waals surface area contributed by atoms with Crippen molar-refractivity contribution in [3.63, 3.8) is 0 Å². The Labute approximate surface area is 233 Å². The van der Waals surface area contributed by atoms with Gasteiger partial charge in [-0.25, -0.2) is 14.6 Å². The molecule has 210 valence electrons. The first-order valence-electron chi connectivity index (χ1n) is 13.0. The molecule has 2 aromatic carbocycles. The molecule has 39 heavy (non-hydrogen) atoms. The molecule has 10 heteroatoms. The number of nitrogens with one attached hydrogen (secondary N) is 2. The van der Waals surface area contributed by atoms with Crippen molar-refractivity contribution in [2.45, 2.75) is 78.0 Å². The summed E-state index contributed by atoms with van der Waals surface area (Å²) in [6.45, 7) is 11.0. The maximum atomic E-state index is 13.4. The van der Waals surface area contributed by atoms with Crippen molar-refractivity contribution in [1.29, 1.82) is 0 Å². The number of carbonyl (C=O) groups excluding carboxylic acids is 2. The van der Waals surface area contributed by atoms with Crippen LogP contribution in [0.1, 0.15) is 60.8 Å². The first kappa shape index (κ1) is 29.9. The second-order valence-electron chi connectivity index (χ2n) is 11.3. The number of rotatable bonds is 9. The van der Waals surface area contributed by atoms with E-state index in [0.29, 0.717) is 31.5 Å². The van der Waals surface area contributed by atoms with Crippen LogP contribution in [-0.4, -0.2) is 56.8 Å². The van der Waals surface area contributed by atoms with Crippen LogP contribution in [-0.2, 0) is 9.53 Å². The predicted molar refractivity (Wildman–Crippen MR) is 155 cm³/mol. The van der Waals surface area contributed by atoms with Crippen LogP contribution in [0.3, 0.4) is 0 Å². The third-order valence-corrected chi connectivity index (χ3v) is 6.89. The summed E-state index contributed by atoms with van der Waals surface area (Å²) in [7, 11) is 0. The largest absolute Gasteiger partial charge is 0.465 e. The average Bonchev–Trinajstić information content (AvgIpc) is 3.25. The van der Waals surface area contributed by atoms with Crippen LogP contribution in [0.15, 0.2) is 48.5 Å². The fourth-order valence-electron chi connectivity index (χ4n) is 4.15. The highest BCUT2D eigenvalue weighted by molar-refractivity contribution is 7.21. The number of hydrogen-bond donors (Lipinski definition) is 3. The third-order valence-electron chi connectivity index (χ3n) is 5.81. The lowest BCUT2D eigenvalue weighted by Crippen LogP contribution is -2.55. The number of amides is 3. The van der Waals surface area contributed by atoms with Crippen molar-refractivity contribution in [2.24, 2.45) is 0 Å². The normalized spacial score (nSPS) is 12.6. The first-order valence-corrected chi connectivity index (χ1v) is 13.8. The Bertz CT molecular complexity index is 1260. The van der Waals surface area contributed by atoms with E-state index in [2.05, 4.69) is 15.6 Å². The van der Waals surface area contributed by atoms with E-state index in [1.54, 1.807) is 65.0 Å². The number of para-hydroxylation sites is 1. The summed E-state index contributed by atoms with van der Waals surface area (Å²) in [5.41, 5.74) is 1.06. The van der Waals surface area contributed by atoms with Crippen molar-refractivity contribution in [1.82, 2.24) is 15.2 Å². The number of hydrogen-bond acceptors (Lipinski definition) is 6. The Morgan fingerprint density at radius 2 is 1.67 bits per heavy atom. The lowest BCUT2D eigenvalue weighted by molar-refractivity contribution is -0.122. The van der Waals surface area contributed by atoms with Gasteiger partial charge >= 0.3 is 12.2 Å². The number of alkyl carbamates (subject to hydrolysis) is 1. The lowest BCUT2D eigenvalue weighted by Gasteiger charge is -2.38. The molecule has 3 amide bonds. The zero-order valence-electron chi connectivity index (χ0n) is 23.4. The van der Waals surface area contributed by atoms with Gasteiger partial charge in [-0.05, 0) is 97.2 Å². The number of nitrogens with zero attached hydrogens (tertiary/aromatic N) is 2. The Morgan fingerprint density at radius 1 is 1.00 bits per heavy atom. The minimum atomic E-state index is -1.17. The molecule has 0 unspecified atom stereocenters. The van der Waals surface area contributed by atoms with Crippen molar-refractivity contribution >= 4 is 45.3 Å². The zero-order chi connectivity index (χ0) is 28.8. The number of thiazole rings is 1. The number of unbranched alkanes of at least 4 members (excludes halogenated alkanes) is 1. The van der Waals surface area contributed by atoms with Gasteiger partial charge in [0.1, 0.15) is 16.7 Å². The number of carbonyl (C=O) groups is 3. The van der Waals surface area contributed by atoms with E-state index in [1.165, 1.54) is 4.90 Å². The molecule has 0 aliphatic heterocycles. The van der Waals surface area contributed by atoms with Gasteiger partial charge in [-0.3, -0.25) is 9.69 Å². The van der Waals surface area contributed by atoms with Crippen molar-refractivity contribution in [3.8, 4) is 10.6 Å². The minimum absolute atomic E-state index is 0.301. The summed E-state index contributed by atoms with van der Waals surface area (Å²) in [6.07, 6.45) is -0.273. The number of carboxylic acid groups (broad SMARTS) is 1. The molecular weight excluding hydrogens is 516 g/mol. The molecule has 1 atom stereocenters. The monoisotopic (exact) mass is 554 g/mol. The Kier molecular flexibility index (Phi) is 9.55. The van der Waals surface area contributed by atoms with Gasteiger partial charge in [0.15, 0.2) is 0 Å². The molecule has 1 aromatic heterocycles. The standard InChI is InChI=1S/C29H38N4O5S/c1-28(2,3)33(27(36)37)22(12-9-10-18-30-26(35)38-29(4,5)6)24(34)31-20-16-14-19(15-17-20)25-32-21-11-7-8-13-23(21)39-25/h7-8,11,13-17,22H,9-10,12,18H2,1-6H3,(H,30,35)(H,31,34)(H,36,37)/t22-/m0/s1. The third kappa shape index (κ3) is 8.68. The molecule has 0 radical (unpaired) electrons. The second-order valence-corrected chi connectivity index (χ2v) is 12.3. The molecule has 0 fully saturated rings. The lowest BCUT2D eigenvalue weighted by atomic mass is 9.99. The summed E-state index contributed by atoms with van der Waals surface area (Å²) in [5.74, 6) is -0.403. The van der Waals surface area contributed by atoms with Gasteiger partial charge in [-0.1, -0.05) is 12.1 Å². The fourth-order valence-corrected chi connectivity index (χ4v) is 5.12. The smallest absolute Gasteiger partial charge is 0.408 e. The van der Waals surface area contributed by atoms with Crippen LogP contribution < -0.4 is 10.6 Å². The number of anilines is 1. The molecule has 3 aromatic rings.